The zero-order valence-corrected chi connectivity index (χ0v) is 13.5. The van der Waals surface area contributed by atoms with Gasteiger partial charge in [-0.1, -0.05) is 12.1 Å². The molecule has 0 saturated carbocycles. The second-order valence-corrected chi connectivity index (χ2v) is 6.57. The molecule has 2 heterocycles. The van der Waals surface area contributed by atoms with Gasteiger partial charge in [0.15, 0.2) is 0 Å². The summed E-state index contributed by atoms with van der Waals surface area (Å²) in [4.78, 5) is 16.9. The van der Waals surface area contributed by atoms with E-state index in [1.54, 1.807) is 6.07 Å². The van der Waals surface area contributed by atoms with E-state index < -0.39 is 0 Å². The first-order chi connectivity index (χ1) is 11.2. The summed E-state index contributed by atoms with van der Waals surface area (Å²) in [5.41, 5.74) is 0.755. The van der Waals surface area contributed by atoms with E-state index in [4.69, 9.17) is 4.74 Å². The van der Waals surface area contributed by atoms with Crippen molar-refractivity contribution in [1.82, 2.24) is 9.80 Å². The molecular formula is C18H25FN2O2. The molecule has 1 amide bonds. The van der Waals surface area contributed by atoms with Gasteiger partial charge in [0.1, 0.15) is 5.82 Å². The zero-order chi connectivity index (χ0) is 16.1. The molecule has 2 aliphatic heterocycles. The molecular weight excluding hydrogens is 295 g/mol. The third-order valence-electron chi connectivity index (χ3n) is 4.74. The minimum atomic E-state index is -0.279. The number of morpholine rings is 1. The summed E-state index contributed by atoms with van der Waals surface area (Å²) < 4.78 is 18.6. The van der Waals surface area contributed by atoms with Gasteiger partial charge in [0.2, 0.25) is 5.91 Å². The number of carbonyl (C=O) groups excluding carboxylic acids is 1. The monoisotopic (exact) mass is 320 g/mol. The summed E-state index contributed by atoms with van der Waals surface area (Å²) in [7, 11) is 0. The van der Waals surface area contributed by atoms with Crippen molar-refractivity contribution in [2.45, 2.75) is 19.3 Å². The van der Waals surface area contributed by atoms with Crippen LogP contribution in [-0.4, -0.2) is 61.6 Å². The average molecular weight is 320 g/mol. The van der Waals surface area contributed by atoms with Gasteiger partial charge >= 0.3 is 0 Å². The average Bonchev–Trinajstić information content (AvgIpc) is 2.56. The molecule has 5 heteroatoms. The standard InChI is InChI=1S/C18H25FN2O2/c19-17-5-1-3-15(11-17)12-18(22)21-6-2-4-16(14-21)13-20-7-9-23-10-8-20/h1,3,5,11,16H,2,4,6-10,12-14H2. The molecule has 0 N–H and O–H groups in total. The molecule has 3 rings (SSSR count). The number of hydrogen-bond donors (Lipinski definition) is 0. The molecule has 0 bridgehead atoms. The van der Waals surface area contributed by atoms with Gasteiger partial charge in [0, 0.05) is 32.7 Å². The van der Waals surface area contributed by atoms with Gasteiger partial charge in [-0.3, -0.25) is 9.69 Å². The van der Waals surface area contributed by atoms with E-state index >= 15 is 0 Å². The Morgan fingerprint density at radius 2 is 2.09 bits per heavy atom. The van der Waals surface area contributed by atoms with Crippen LogP contribution < -0.4 is 0 Å². The van der Waals surface area contributed by atoms with Gasteiger partial charge in [-0.2, -0.15) is 0 Å². The fraction of sp³-hybridized carbons (Fsp3) is 0.611. The molecule has 1 aromatic rings. The highest BCUT2D eigenvalue weighted by molar-refractivity contribution is 5.78. The minimum absolute atomic E-state index is 0.113. The number of benzene rings is 1. The first-order valence-corrected chi connectivity index (χ1v) is 8.53. The number of amides is 1. The first kappa shape index (κ1) is 16.4. The summed E-state index contributed by atoms with van der Waals surface area (Å²) in [6, 6.07) is 6.34. The molecule has 2 fully saturated rings. The van der Waals surface area contributed by atoms with Crippen LogP contribution in [0.1, 0.15) is 18.4 Å². The number of carbonyl (C=O) groups is 1. The molecule has 23 heavy (non-hydrogen) atoms. The van der Waals surface area contributed by atoms with E-state index in [2.05, 4.69) is 4.90 Å². The molecule has 0 spiro atoms. The Morgan fingerprint density at radius 3 is 2.87 bits per heavy atom. The Labute approximate surface area is 137 Å². The van der Waals surface area contributed by atoms with Crippen molar-refractivity contribution in [3.8, 4) is 0 Å². The van der Waals surface area contributed by atoms with E-state index in [1.165, 1.54) is 18.6 Å². The third kappa shape index (κ3) is 4.75. The lowest BCUT2D eigenvalue weighted by Crippen LogP contribution is -2.46. The van der Waals surface area contributed by atoms with Crippen LogP contribution in [-0.2, 0) is 16.0 Å². The summed E-state index contributed by atoms with van der Waals surface area (Å²) in [6.45, 7) is 6.32. The fourth-order valence-corrected chi connectivity index (χ4v) is 3.52. The molecule has 0 aliphatic carbocycles. The quantitative estimate of drug-likeness (QED) is 0.850. The van der Waals surface area contributed by atoms with E-state index in [1.807, 2.05) is 11.0 Å². The Hall–Kier alpha value is -1.46. The van der Waals surface area contributed by atoms with Crippen LogP contribution in [0.15, 0.2) is 24.3 Å². The predicted molar refractivity (Wildman–Crippen MR) is 86.7 cm³/mol. The number of hydrogen-bond acceptors (Lipinski definition) is 3. The Kier molecular flexibility index (Phi) is 5.62. The first-order valence-electron chi connectivity index (χ1n) is 8.53. The van der Waals surface area contributed by atoms with Gasteiger partial charge in [0.05, 0.1) is 19.6 Å². The lowest BCUT2D eigenvalue weighted by atomic mass is 9.96. The van der Waals surface area contributed by atoms with Crippen molar-refractivity contribution >= 4 is 5.91 Å². The highest BCUT2D eigenvalue weighted by atomic mass is 19.1. The SMILES string of the molecule is O=C(Cc1cccc(F)c1)N1CCCC(CN2CCOCC2)C1. The van der Waals surface area contributed by atoms with Gasteiger partial charge in [-0.15, -0.1) is 0 Å². The van der Waals surface area contributed by atoms with Crippen molar-refractivity contribution in [1.29, 1.82) is 0 Å². The molecule has 2 saturated heterocycles. The second kappa shape index (κ2) is 7.88. The number of ether oxygens (including phenoxy) is 1. The van der Waals surface area contributed by atoms with Crippen molar-refractivity contribution < 1.29 is 13.9 Å². The molecule has 4 nitrogen and oxygen atoms in total. The smallest absolute Gasteiger partial charge is 0.227 e. The number of rotatable bonds is 4. The normalized spacial score (nSPS) is 23.0. The number of likely N-dealkylation sites (tertiary alicyclic amines) is 1. The van der Waals surface area contributed by atoms with Crippen LogP contribution in [0.2, 0.25) is 0 Å². The van der Waals surface area contributed by atoms with Crippen LogP contribution in [0.25, 0.3) is 0 Å². The predicted octanol–water partition coefficient (Wildman–Crippen LogP) is 1.94. The number of piperidine rings is 1. The molecule has 0 radical (unpaired) electrons. The van der Waals surface area contributed by atoms with Gasteiger partial charge in [-0.05, 0) is 36.5 Å². The maximum Gasteiger partial charge on any atom is 0.227 e. The molecule has 1 unspecified atom stereocenters. The Balaban J connectivity index is 1.51. The van der Waals surface area contributed by atoms with Crippen LogP contribution in [0.5, 0.6) is 0 Å². The van der Waals surface area contributed by atoms with Crippen LogP contribution >= 0.6 is 0 Å². The summed E-state index contributed by atoms with van der Waals surface area (Å²) >= 11 is 0. The summed E-state index contributed by atoms with van der Waals surface area (Å²) in [6.07, 6.45) is 2.53. The van der Waals surface area contributed by atoms with E-state index in [0.29, 0.717) is 12.3 Å². The lowest BCUT2D eigenvalue weighted by Gasteiger charge is -2.36. The Morgan fingerprint density at radius 1 is 1.26 bits per heavy atom. The lowest BCUT2D eigenvalue weighted by molar-refractivity contribution is -0.132. The number of halogens is 1. The molecule has 2 aliphatic rings. The van der Waals surface area contributed by atoms with Crippen LogP contribution in [0.3, 0.4) is 0 Å². The van der Waals surface area contributed by atoms with Crippen molar-refractivity contribution in [2.75, 3.05) is 45.9 Å². The molecule has 126 valence electrons. The topological polar surface area (TPSA) is 32.8 Å². The molecule has 1 aromatic carbocycles. The molecule has 0 aromatic heterocycles. The van der Waals surface area contributed by atoms with Crippen LogP contribution in [0.4, 0.5) is 4.39 Å². The minimum Gasteiger partial charge on any atom is -0.379 e. The maximum atomic E-state index is 13.2. The second-order valence-electron chi connectivity index (χ2n) is 6.57. The van der Waals surface area contributed by atoms with Crippen molar-refractivity contribution in [3.63, 3.8) is 0 Å². The highest BCUT2D eigenvalue weighted by Crippen LogP contribution is 2.19. The summed E-state index contributed by atoms with van der Waals surface area (Å²) in [5.74, 6) is 0.375. The largest absolute Gasteiger partial charge is 0.379 e. The van der Waals surface area contributed by atoms with Gasteiger partial charge in [-0.25, -0.2) is 4.39 Å². The fourth-order valence-electron chi connectivity index (χ4n) is 3.52. The van der Waals surface area contributed by atoms with Crippen LogP contribution in [0, 0.1) is 11.7 Å². The Bertz CT molecular complexity index is 532. The van der Waals surface area contributed by atoms with Gasteiger partial charge < -0.3 is 9.64 Å². The molecule has 1 atom stereocenters. The van der Waals surface area contributed by atoms with Crippen molar-refractivity contribution in [2.24, 2.45) is 5.92 Å². The summed E-state index contributed by atoms with van der Waals surface area (Å²) in [5, 5.41) is 0. The highest BCUT2D eigenvalue weighted by Gasteiger charge is 2.25. The zero-order valence-electron chi connectivity index (χ0n) is 13.5. The number of nitrogens with zero attached hydrogens (tertiary/aromatic N) is 2. The van der Waals surface area contributed by atoms with E-state index in [0.717, 1.165) is 57.9 Å². The maximum absolute atomic E-state index is 13.2. The van der Waals surface area contributed by atoms with Gasteiger partial charge in [0.25, 0.3) is 0 Å². The van der Waals surface area contributed by atoms with E-state index in [-0.39, 0.29) is 11.7 Å². The van der Waals surface area contributed by atoms with E-state index in [9.17, 15) is 9.18 Å². The van der Waals surface area contributed by atoms with Crippen molar-refractivity contribution in [3.05, 3.63) is 35.6 Å². The third-order valence-corrected chi connectivity index (χ3v) is 4.74.